The number of ether oxygens (including phenoxy) is 1. The molecule has 0 spiro atoms. The SMILES string of the molecule is O=C(Cc1ccc(OC(F)(F)F)cc1)NC1CCc2n[nH]c(=O)cc2C1. The zero-order valence-corrected chi connectivity index (χ0v) is 13.6. The topological polar surface area (TPSA) is 84.1 Å². The van der Waals surface area contributed by atoms with Crippen LogP contribution in [0.15, 0.2) is 35.1 Å². The number of carbonyl (C=O) groups excluding carboxylic acids is 1. The molecule has 138 valence electrons. The Morgan fingerprint density at radius 1 is 1.31 bits per heavy atom. The van der Waals surface area contributed by atoms with Crippen LogP contribution in [0.4, 0.5) is 13.2 Å². The summed E-state index contributed by atoms with van der Waals surface area (Å²) in [5.74, 6) is -0.566. The van der Waals surface area contributed by atoms with Gasteiger partial charge in [0.2, 0.25) is 5.91 Å². The molecule has 0 fully saturated rings. The van der Waals surface area contributed by atoms with Gasteiger partial charge in [-0.05, 0) is 42.5 Å². The molecular weight excluding hydrogens is 351 g/mol. The maximum Gasteiger partial charge on any atom is 0.573 e. The molecule has 6 nitrogen and oxygen atoms in total. The summed E-state index contributed by atoms with van der Waals surface area (Å²) in [5, 5.41) is 9.27. The zero-order chi connectivity index (χ0) is 18.7. The molecule has 1 heterocycles. The summed E-state index contributed by atoms with van der Waals surface area (Å²) in [6.45, 7) is 0. The maximum absolute atomic E-state index is 12.2. The normalized spacial score (nSPS) is 16.7. The third kappa shape index (κ3) is 4.84. The van der Waals surface area contributed by atoms with Crippen LogP contribution < -0.4 is 15.6 Å². The highest BCUT2D eigenvalue weighted by molar-refractivity contribution is 5.79. The highest BCUT2D eigenvalue weighted by Gasteiger charge is 2.31. The van der Waals surface area contributed by atoms with Gasteiger partial charge in [0.05, 0.1) is 12.1 Å². The number of carbonyl (C=O) groups is 1. The average molecular weight is 367 g/mol. The van der Waals surface area contributed by atoms with Gasteiger partial charge in [-0.25, -0.2) is 5.10 Å². The van der Waals surface area contributed by atoms with Crippen LogP contribution >= 0.6 is 0 Å². The lowest BCUT2D eigenvalue weighted by Gasteiger charge is -2.24. The van der Waals surface area contributed by atoms with Crippen molar-refractivity contribution in [2.45, 2.75) is 38.1 Å². The molecule has 26 heavy (non-hydrogen) atoms. The molecule has 0 saturated carbocycles. The Hall–Kier alpha value is -2.84. The second-order valence-corrected chi connectivity index (χ2v) is 6.08. The van der Waals surface area contributed by atoms with E-state index < -0.39 is 6.36 Å². The summed E-state index contributed by atoms with van der Waals surface area (Å²) in [6, 6.07) is 6.56. The number of benzene rings is 1. The van der Waals surface area contributed by atoms with Crippen LogP contribution in [0.5, 0.6) is 5.75 Å². The summed E-state index contributed by atoms with van der Waals surface area (Å²) in [4.78, 5) is 23.5. The fraction of sp³-hybridized carbons (Fsp3) is 0.353. The predicted molar refractivity (Wildman–Crippen MR) is 85.6 cm³/mol. The summed E-state index contributed by atoms with van der Waals surface area (Å²) >= 11 is 0. The molecule has 1 aromatic heterocycles. The van der Waals surface area contributed by atoms with Gasteiger partial charge in [-0.3, -0.25) is 9.59 Å². The minimum Gasteiger partial charge on any atom is -0.406 e. The number of aromatic amines is 1. The number of fused-ring (bicyclic) bond motifs is 1. The fourth-order valence-corrected chi connectivity index (χ4v) is 2.94. The largest absolute Gasteiger partial charge is 0.573 e. The van der Waals surface area contributed by atoms with Crippen molar-refractivity contribution in [2.75, 3.05) is 0 Å². The first-order valence-electron chi connectivity index (χ1n) is 8.00. The molecule has 0 aliphatic heterocycles. The minimum absolute atomic E-state index is 0.0449. The van der Waals surface area contributed by atoms with Gasteiger partial charge in [0, 0.05) is 12.1 Å². The van der Waals surface area contributed by atoms with E-state index in [0.29, 0.717) is 24.8 Å². The molecule has 1 amide bonds. The molecule has 1 aliphatic carbocycles. The van der Waals surface area contributed by atoms with Crippen molar-refractivity contribution in [1.29, 1.82) is 0 Å². The Kier molecular flexibility index (Phi) is 4.97. The van der Waals surface area contributed by atoms with Crippen LogP contribution in [-0.4, -0.2) is 28.5 Å². The van der Waals surface area contributed by atoms with Gasteiger partial charge in [-0.1, -0.05) is 12.1 Å². The third-order valence-corrected chi connectivity index (χ3v) is 4.06. The first-order chi connectivity index (χ1) is 12.3. The predicted octanol–water partition coefficient (Wildman–Crippen LogP) is 1.88. The number of halogens is 3. The molecule has 1 aliphatic rings. The van der Waals surface area contributed by atoms with Gasteiger partial charge in [0.1, 0.15) is 5.75 Å². The van der Waals surface area contributed by atoms with Crippen LogP contribution in [0.1, 0.15) is 23.2 Å². The quantitative estimate of drug-likeness (QED) is 0.864. The summed E-state index contributed by atoms with van der Waals surface area (Å²) in [7, 11) is 0. The number of H-pyrrole nitrogens is 1. The number of hydrogen-bond donors (Lipinski definition) is 2. The van der Waals surface area contributed by atoms with Crippen LogP contribution in [0.3, 0.4) is 0 Å². The Bertz CT molecular complexity index is 847. The Morgan fingerprint density at radius 2 is 2.04 bits per heavy atom. The average Bonchev–Trinajstić information content (AvgIpc) is 2.55. The third-order valence-electron chi connectivity index (χ3n) is 4.06. The molecule has 1 atom stereocenters. The molecule has 9 heteroatoms. The van der Waals surface area contributed by atoms with Crippen LogP contribution in [-0.2, 0) is 24.1 Å². The van der Waals surface area contributed by atoms with Crippen molar-refractivity contribution in [2.24, 2.45) is 0 Å². The van der Waals surface area contributed by atoms with Crippen molar-refractivity contribution >= 4 is 5.91 Å². The zero-order valence-electron chi connectivity index (χ0n) is 13.6. The van der Waals surface area contributed by atoms with Gasteiger partial charge in [0.15, 0.2) is 0 Å². The molecular formula is C17H16F3N3O3. The fourth-order valence-electron chi connectivity index (χ4n) is 2.94. The number of aryl methyl sites for hydroxylation is 1. The molecule has 1 unspecified atom stereocenters. The monoisotopic (exact) mass is 367 g/mol. The van der Waals surface area contributed by atoms with E-state index in [-0.39, 0.29) is 29.7 Å². The van der Waals surface area contributed by atoms with Gasteiger partial charge in [-0.15, -0.1) is 13.2 Å². The minimum atomic E-state index is -4.74. The molecule has 0 radical (unpaired) electrons. The van der Waals surface area contributed by atoms with Crippen molar-refractivity contribution in [3.63, 3.8) is 0 Å². The van der Waals surface area contributed by atoms with Crippen molar-refractivity contribution < 1.29 is 22.7 Å². The number of nitrogens with one attached hydrogen (secondary N) is 2. The number of nitrogens with zero attached hydrogens (tertiary/aromatic N) is 1. The van der Waals surface area contributed by atoms with Gasteiger partial charge in [-0.2, -0.15) is 5.10 Å². The standard InChI is InChI=1S/C17H16F3N3O3/c18-17(19,20)26-13-4-1-10(2-5-13)7-15(24)21-12-3-6-14-11(8-12)9-16(25)23-22-14/h1-2,4-5,9,12H,3,6-8H2,(H,21,24)(H,23,25). The second-order valence-electron chi connectivity index (χ2n) is 6.08. The Labute approximate surface area is 146 Å². The number of aromatic nitrogens is 2. The van der Waals surface area contributed by atoms with Crippen LogP contribution in [0, 0.1) is 0 Å². The Balaban J connectivity index is 1.55. The number of hydrogen-bond acceptors (Lipinski definition) is 4. The van der Waals surface area contributed by atoms with E-state index in [9.17, 15) is 22.8 Å². The van der Waals surface area contributed by atoms with Crippen molar-refractivity contribution in [3.05, 3.63) is 57.5 Å². The highest BCUT2D eigenvalue weighted by Crippen LogP contribution is 2.23. The first kappa shape index (κ1) is 18.0. The maximum atomic E-state index is 12.2. The van der Waals surface area contributed by atoms with Crippen molar-refractivity contribution in [1.82, 2.24) is 15.5 Å². The smallest absolute Gasteiger partial charge is 0.406 e. The van der Waals surface area contributed by atoms with E-state index in [0.717, 1.165) is 11.3 Å². The Morgan fingerprint density at radius 3 is 2.73 bits per heavy atom. The lowest BCUT2D eigenvalue weighted by molar-refractivity contribution is -0.274. The summed E-state index contributed by atoms with van der Waals surface area (Å²) < 4.78 is 40.2. The van der Waals surface area contributed by atoms with E-state index in [1.807, 2.05) is 0 Å². The van der Waals surface area contributed by atoms with Gasteiger partial charge in [0.25, 0.3) is 5.56 Å². The van der Waals surface area contributed by atoms with E-state index in [1.165, 1.54) is 30.3 Å². The number of alkyl halides is 3. The highest BCUT2D eigenvalue weighted by atomic mass is 19.4. The number of amides is 1. The van der Waals surface area contributed by atoms with Gasteiger partial charge >= 0.3 is 6.36 Å². The summed E-state index contributed by atoms with van der Waals surface area (Å²) in [6.07, 6.45) is -2.82. The van der Waals surface area contributed by atoms with Crippen LogP contribution in [0.2, 0.25) is 0 Å². The van der Waals surface area contributed by atoms with E-state index in [4.69, 9.17) is 0 Å². The molecule has 0 bridgehead atoms. The molecule has 1 aromatic carbocycles. The summed E-state index contributed by atoms with van der Waals surface area (Å²) in [5.41, 5.74) is 1.94. The van der Waals surface area contributed by atoms with E-state index in [1.54, 1.807) is 0 Å². The second kappa shape index (κ2) is 7.19. The lowest BCUT2D eigenvalue weighted by atomic mass is 9.92. The molecule has 2 aromatic rings. The van der Waals surface area contributed by atoms with E-state index >= 15 is 0 Å². The van der Waals surface area contributed by atoms with Crippen LogP contribution in [0.25, 0.3) is 0 Å². The molecule has 2 N–H and O–H groups in total. The first-order valence-corrected chi connectivity index (χ1v) is 8.00. The van der Waals surface area contributed by atoms with Crippen molar-refractivity contribution in [3.8, 4) is 5.75 Å². The van der Waals surface area contributed by atoms with Gasteiger partial charge < -0.3 is 10.1 Å². The van der Waals surface area contributed by atoms with E-state index in [2.05, 4.69) is 20.3 Å². The molecule has 0 saturated heterocycles. The number of rotatable bonds is 4. The molecule has 3 rings (SSSR count). The lowest BCUT2D eigenvalue weighted by Crippen LogP contribution is -2.40.